The Morgan fingerprint density at radius 3 is 2.78 bits per heavy atom. The first-order valence-corrected chi connectivity index (χ1v) is 6.26. The summed E-state index contributed by atoms with van der Waals surface area (Å²) in [5, 5.41) is 5.67. The van der Waals surface area contributed by atoms with Crippen LogP contribution in [0.5, 0.6) is 5.75 Å². The fraction of sp³-hybridized carbons (Fsp3) is 0.267. The lowest BCUT2D eigenvalue weighted by atomic mass is 10.1. The van der Waals surface area contributed by atoms with Gasteiger partial charge in [0.25, 0.3) is 0 Å². The lowest BCUT2D eigenvalue weighted by Crippen LogP contribution is -2.33. The maximum Gasteiger partial charge on any atom is 0.152 e. The number of fused-ring (bicyclic) bond motifs is 1. The van der Waals surface area contributed by atoms with Gasteiger partial charge in [0.05, 0.1) is 6.54 Å². The van der Waals surface area contributed by atoms with Crippen LogP contribution in [0, 0.1) is 0 Å². The Bertz CT molecular complexity index is 592. The number of ether oxygens (including phenoxy) is 1. The van der Waals surface area contributed by atoms with Gasteiger partial charge in [-0.25, -0.2) is 0 Å². The van der Waals surface area contributed by atoms with Crippen molar-refractivity contribution in [3.8, 4) is 5.75 Å². The van der Waals surface area contributed by atoms with Gasteiger partial charge < -0.3 is 10.1 Å². The Morgan fingerprint density at radius 1 is 1.17 bits per heavy atom. The van der Waals surface area contributed by atoms with Gasteiger partial charge in [-0.1, -0.05) is 30.3 Å². The Hall–Kier alpha value is -2.03. The summed E-state index contributed by atoms with van der Waals surface area (Å²) >= 11 is 0. The van der Waals surface area contributed by atoms with E-state index in [9.17, 15) is 0 Å². The van der Waals surface area contributed by atoms with Crippen LogP contribution in [-0.4, -0.2) is 25.0 Å². The van der Waals surface area contributed by atoms with Crippen LogP contribution in [0.1, 0.15) is 6.92 Å². The van der Waals surface area contributed by atoms with E-state index in [1.54, 1.807) is 0 Å². The molecule has 0 amide bonds. The van der Waals surface area contributed by atoms with E-state index in [1.165, 1.54) is 10.8 Å². The van der Waals surface area contributed by atoms with Crippen molar-refractivity contribution in [3.05, 3.63) is 42.5 Å². The Balaban J connectivity index is 1.82. The van der Waals surface area contributed by atoms with Gasteiger partial charge in [-0.2, -0.15) is 0 Å². The summed E-state index contributed by atoms with van der Waals surface area (Å²) in [5.41, 5.74) is 0. The third kappa shape index (κ3) is 2.16. The first-order chi connectivity index (χ1) is 8.83. The lowest BCUT2D eigenvalue weighted by Gasteiger charge is -2.15. The van der Waals surface area contributed by atoms with Crippen LogP contribution in [0.15, 0.2) is 47.5 Å². The molecule has 2 aromatic carbocycles. The van der Waals surface area contributed by atoms with E-state index in [4.69, 9.17) is 4.74 Å². The number of amidine groups is 1. The number of nitrogens with zero attached hydrogens (tertiary/aromatic N) is 1. The minimum absolute atomic E-state index is 0.0198. The molecule has 3 rings (SSSR count). The van der Waals surface area contributed by atoms with Crippen molar-refractivity contribution < 1.29 is 4.74 Å². The van der Waals surface area contributed by atoms with E-state index in [1.807, 2.05) is 25.1 Å². The van der Waals surface area contributed by atoms with Gasteiger partial charge in [0, 0.05) is 6.54 Å². The molecular formula is C15H16N2O. The van der Waals surface area contributed by atoms with E-state index in [-0.39, 0.29) is 6.10 Å². The van der Waals surface area contributed by atoms with Crippen LogP contribution in [0.2, 0.25) is 0 Å². The van der Waals surface area contributed by atoms with Crippen LogP contribution in [0.4, 0.5) is 0 Å². The molecule has 1 atom stereocenters. The van der Waals surface area contributed by atoms with Crippen molar-refractivity contribution in [2.24, 2.45) is 4.99 Å². The average molecular weight is 240 g/mol. The molecule has 0 saturated carbocycles. The largest absolute Gasteiger partial charge is 0.483 e. The van der Waals surface area contributed by atoms with Crippen molar-refractivity contribution >= 4 is 16.6 Å². The number of benzene rings is 2. The van der Waals surface area contributed by atoms with Crippen LogP contribution in [0.3, 0.4) is 0 Å². The summed E-state index contributed by atoms with van der Waals surface area (Å²) in [6.07, 6.45) is -0.0198. The highest BCUT2D eigenvalue weighted by Crippen LogP contribution is 2.21. The normalized spacial score (nSPS) is 16.2. The second-order valence-corrected chi connectivity index (χ2v) is 4.46. The molecular weight excluding hydrogens is 224 g/mol. The molecule has 92 valence electrons. The molecule has 2 aromatic rings. The van der Waals surface area contributed by atoms with Crippen LogP contribution in [0.25, 0.3) is 10.8 Å². The summed E-state index contributed by atoms with van der Waals surface area (Å²) in [6.45, 7) is 3.79. The zero-order chi connectivity index (χ0) is 12.4. The average Bonchev–Trinajstić information content (AvgIpc) is 2.92. The predicted molar refractivity (Wildman–Crippen MR) is 74.3 cm³/mol. The second-order valence-electron chi connectivity index (χ2n) is 4.46. The van der Waals surface area contributed by atoms with Gasteiger partial charge in [-0.15, -0.1) is 0 Å². The lowest BCUT2D eigenvalue weighted by molar-refractivity contribution is 0.284. The standard InChI is InChI=1S/C15H16N2O/c1-11(15-16-8-9-17-15)18-14-7-6-12-4-2-3-5-13(12)10-14/h2-7,10-11H,8-9H2,1H3,(H,16,17)/t11-/m1/s1. The highest BCUT2D eigenvalue weighted by Gasteiger charge is 2.15. The van der Waals surface area contributed by atoms with Gasteiger partial charge in [0.1, 0.15) is 11.6 Å². The van der Waals surface area contributed by atoms with Gasteiger partial charge in [-0.3, -0.25) is 4.99 Å². The topological polar surface area (TPSA) is 33.6 Å². The summed E-state index contributed by atoms with van der Waals surface area (Å²) in [4.78, 5) is 4.37. The third-order valence-electron chi connectivity index (χ3n) is 3.12. The molecule has 0 fully saturated rings. The molecule has 0 radical (unpaired) electrons. The first kappa shape index (κ1) is 11.1. The molecule has 3 nitrogen and oxygen atoms in total. The van der Waals surface area contributed by atoms with E-state index in [0.717, 1.165) is 24.7 Å². The molecule has 0 aliphatic carbocycles. The van der Waals surface area contributed by atoms with Gasteiger partial charge in [0.2, 0.25) is 0 Å². The van der Waals surface area contributed by atoms with Crippen molar-refractivity contribution in [3.63, 3.8) is 0 Å². The summed E-state index contributed by atoms with van der Waals surface area (Å²) in [7, 11) is 0. The molecule has 0 spiro atoms. The number of nitrogens with one attached hydrogen (secondary N) is 1. The van der Waals surface area contributed by atoms with Crippen molar-refractivity contribution in [1.82, 2.24) is 5.32 Å². The molecule has 0 aromatic heterocycles. The Morgan fingerprint density at radius 2 is 2.00 bits per heavy atom. The second kappa shape index (κ2) is 4.69. The number of aliphatic imine (C=N–C) groups is 1. The summed E-state index contributed by atoms with van der Waals surface area (Å²) < 4.78 is 5.91. The predicted octanol–water partition coefficient (Wildman–Crippen LogP) is 2.61. The zero-order valence-electron chi connectivity index (χ0n) is 10.4. The summed E-state index contributed by atoms with van der Waals surface area (Å²) in [5.74, 6) is 1.83. The smallest absolute Gasteiger partial charge is 0.152 e. The first-order valence-electron chi connectivity index (χ1n) is 6.26. The number of hydrogen-bond donors (Lipinski definition) is 1. The minimum atomic E-state index is -0.0198. The molecule has 3 heteroatoms. The highest BCUT2D eigenvalue weighted by atomic mass is 16.5. The molecule has 1 heterocycles. The molecule has 0 saturated heterocycles. The van der Waals surface area contributed by atoms with Crippen molar-refractivity contribution in [2.75, 3.05) is 13.1 Å². The van der Waals surface area contributed by atoms with Crippen molar-refractivity contribution in [2.45, 2.75) is 13.0 Å². The van der Waals surface area contributed by atoms with Gasteiger partial charge in [0.15, 0.2) is 6.10 Å². The maximum atomic E-state index is 5.91. The van der Waals surface area contributed by atoms with Crippen LogP contribution < -0.4 is 10.1 Å². The van der Waals surface area contributed by atoms with Crippen molar-refractivity contribution in [1.29, 1.82) is 0 Å². The monoisotopic (exact) mass is 240 g/mol. The molecule has 1 aliphatic rings. The molecule has 0 unspecified atom stereocenters. The molecule has 18 heavy (non-hydrogen) atoms. The number of hydrogen-bond acceptors (Lipinski definition) is 3. The maximum absolute atomic E-state index is 5.91. The van der Waals surface area contributed by atoms with E-state index >= 15 is 0 Å². The fourth-order valence-electron chi connectivity index (χ4n) is 2.19. The summed E-state index contributed by atoms with van der Waals surface area (Å²) in [6, 6.07) is 14.4. The van der Waals surface area contributed by atoms with Crippen LogP contribution >= 0.6 is 0 Å². The Labute approximate surface area is 106 Å². The number of rotatable bonds is 3. The minimum Gasteiger partial charge on any atom is -0.483 e. The fourth-order valence-corrected chi connectivity index (χ4v) is 2.19. The van der Waals surface area contributed by atoms with E-state index in [2.05, 4.69) is 34.6 Å². The zero-order valence-corrected chi connectivity index (χ0v) is 10.4. The quantitative estimate of drug-likeness (QED) is 0.894. The van der Waals surface area contributed by atoms with E-state index < -0.39 is 0 Å². The SMILES string of the molecule is C[C@@H](Oc1ccc2ccccc2c1)C1=NCCN1. The highest BCUT2D eigenvalue weighted by molar-refractivity contribution is 5.88. The molecule has 1 N–H and O–H groups in total. The Kier molecular flexibility index (Phi) is 2.89. The third-order valence-corrected chi connectivity index (χ3v) is 3.12. The van der Waals surface area contributed by atoms with Crippen LogP contribution in [-0.2, 0) is 0 Å². The molecule has 0 bridgehead atoms. The molecule has 1 aliphatic heterocycles. The van der Waals surface area contributed by atoms with Gasteiger partial charge in [-0.05, 0) is 29.8 Å². The van der Waals surface area contributed by atoms with Gasteiger partial charge >= 0.3 is 0 Å². The van der Waals surface area contributed by atoms with E-state index in [0.29, 0.717) is 0 Å².